The summed E-state index contributed by atoms with van der Waals surface area (Å²) in [6.45, 7) is 0. The summed E-state index contributed by atoms with van der Waals surface area (Å²) < 4.78 is 0. The van der Waals surface area contributed by atoms with Gasteiger partial charge in [0.25, 0.3) is 0 Å². The lowest BCUT2D eigenvalue weighted by molar-refractivity contribution is 0.111. The van der Waals surface area contributed by atoms with Crippen LogP contribution in [0.1, 0.15) is 10.5 Å². The summed E-state index contributed by atoms with van der Waals surface area (Å²) >= 11 is 0. The Morgan fingerprint density at radius 2 is 1.53 bits per heavy atom. The number of nitrogens with one attached hydrogen (secondary N) is 3. The van der Waals surface area contributed by atoms with Crippen molar-refractivity contribution in [3.8, 4) is 22.8 Å². The Bertz CT molecular complexity index is 631. The third-order valence-electron chi connectivity index (χ3n) is 2.70. The second-order valence-electron chi connectivity index (χ2n) is 3.81. The highest BCUT2D eigenvalue weighted by atomic mass is 16.1. The highest BCUT2D eigenvalue weighted by molar-refractivity contribution is 5.75. The zero-order chi connectivity index (χ0) is 11.7. The van der Waals surface area contributed by atoms with Crippen molar-refractivity contribution in [3.05, 3.63) is 48.3 Å². The number of carbonyl (C=O) groups excluding carboxylic acids is 1. The highest BCUT2D eigenvalue weighted by Gasteiger charge is 2.05. The molecule has 0 saturated heterocycles. The zero-order valence-corrected chi connectivity index (χ0v) is 9.03. The van der Waals surface area contributed by atoms with Crippen molar-refractivity contribution in [2.75, 3.05) is 0 Å². The summed E-state index contributed by atoms with van der Waals surface area (Å²) in [5.41, 5.74) is 4.51. The SMILES string of the molecule is O=Cc1ccc(-c2ccc(-c3ccc[nH]3)[nH]2)[nH]1. The largest absolute Gasteiger partial charge is 0.360 e. The van der Waals surface area contributed by atoms with Gasteiger partial charge in [-0.3, -0.25) is 4.79 Å². The molecule has 0 radical (unpaired) electrons. The molecule has 4 nitrogen and oxygen atoms in total. The third kappa shape index (κ3) is 1.69. The highest BCUT2D eigenvalue weighted by Crippen LogP contribution is 2.22. The molecule has 0 bridgehead atoms. The molecule has 0 amide bonds. The van der Waals surface area contributed by atoms with Crippen LogP contribution in [0, 0.1) is 0 Å². The van der Waals surface area contributed by atoms with Crippen LogP contribution in [0.15, 0.2) is 42.6 Å². The molecular weight excluding hydrogens is 214 g/mol. The van der Waals surface area contributed by atoms with E-state index < -0.39 is 0 Å². The molecule has 0 unspecified atom stereocenters. The van der Waals surface area contributed by atoms with Crippen molar-refractivity contribution >= 4 is 6.29 Å². The predicted molar refractivity (Wildman–Crippen MR) is 65.8 cm³/mol. The molecule has 3 aromatic rings. The van der Waals surface area contributed by atoms with Crippen molar-refractivity contribution in [2.24, 2.45) is 0 Å². The number of aromatic amines is 3. The second kappa shape index (κ2) is 3.83. The Labute approximate surface area is 97.7 Å². The summed E-state index contributed by atoms with van der Waals surface area (Å²) in [7, 11) is 0. The third-order valence-corrected chi connectivity index (χ3v) is 2.70. The van der Waals surface area contributed by atoms with Gasteiger partial charge in [-0.25, -0.2) is 0 Å². The Morgan fingerprint density at radius 1 is 0.824 bits per heavy atom. The first-order valence-electron chi connectivity index (χ1n) is 5.34. The molecule has 0 aliphatic rings. The molecule has 0 aliphatic heterocycles. The normalized spacial score (nSPS) is 10.6. The maximum absolute atomic E-state index is 10.6. The minimum atomic E-state index is 0.580. The van der Waals surface area contributed by atoms with Gasteiger partial charge in [0.2, 0.25) is 0 Å². The maximum atomic E-state index is 10.6. The van der Waals surface area contributed by atoms with Crippen LogP contribution in [0.5, 0.6) is 0 Å². The lowest BCUT2D eigenvalue weighted by Crippen LogP contribution is -1.81. The molecule has 3 rings (SSSR count). The quantitative estimate of drug-likeness (QED) is 0.589. The fourth-order valence-corrected chi connectivity index (χ4v) is 1.84. The predicted octanol–water partition coefficient (Wildman–Crippen LogP) is 2.82. The number of hydrogen-bond acceptors (Lipinski definition) is 1. The first-order valence-corrected chi connectivity index (χ1v) is 5.34. The molecule has 0 atom stereocenters. The van der Waals surface area contributed by atoms with Crippen LogP contribution >= 0.6 is 0 Å². The van der Waals surface area contributed by atoms with Crippen LogP contribution in [-0.2, 0) is 0 Å². The molecule has 84 valence electrons. The first kappa shape index (κ1) is 9.72. The summed E-state index contributed by atoms with van der Waals surface area (Å²) in [5.74, 6) is 0. The molecule has 3 N–H and O–H groups in total. The van der Waals surface area contributed by atoms with Crippen molar-refractivity contribution in [3.63, 3.8) is 0 Å². The van der Waals surface area contributed by atoms with E-state index in [0.717, 1.165) is 29.1 Å². The van der Waals surface area contributed by atoms with E-state index in [-0.39, 0.29) is 0 Å². The fourth-order valence-electron chi connectivity index (χ4n) is 1.84. The average Bonchev–Trinajstić information content (AvgIpc) is 3.09. The average molecular weight is 225 g/mol. The number of H-pyrrole nitrogens is 3. The van der Waals surface area contributed by atoms with E-state index in [0.29, 0.717) is 5.69 Å². The van der Waals surface area contributed by atoms with Crippen LogP contribution < -0.4 is 0 Å². The molecule has 0 aliphatic carbocycles. The Kier molecular flexibility index (Phi) is 2.19. The molecular formula is C13H11N3O. The number of rotatable bonds is 3. The van der Waals surface area contributed by atoms with Gasteiger partial charge >= 0.3 is 0 Å². The Balaban J connectivity index is 1.97. The fraction of sp³-hybridized carbons (Fsp3) is 0. The molecule has 3 heterocycles. The van der Waals surface area contributed by atoms with Gasteiger partial charge in [-0.05, 0) is 36.4 Å². The molecule has 0 saturated carbocycles. The van der Waals surface area contributed by atoms with E-state index in [2.05, 4.69) is 15.0 Å². The second-order valence-corrected chi connectivity index (χ2v) is 3.81. The van der Waals surface area contributed by atoms with Crippen molar-refractivity contribution in [1.82, 2.24) is 15.0 Å². The topological polar surface area (TPSA) is 64.4 Å². The number of hydrogen-bond donors (Lipinski definition) is 3. The monoisotopic (exact) mass is 225 g/mol. The van der Waals surface area contributed by atoms with Gasteiger partial charge in [-0.2, -0.15) is 0 Å². The van der Waals surface area contributed by atoms with E-state index in [1.165, 1.54) is 0 Å². The minimum Gasteiger partial charge on any atom is -0.360 e. The molecule has 17 heavy (non-hydrogen) atoms. The first-order chi connectivity index (χ1) is 8.36. The lowest BCUT2D eigenvalue weighted by Gasteiger charge is -1.94. The molecule has 0 fully saturated rings. The maximum Gasteiger partial charge on any atom is 0.166 e. The van der Waals surface area contributed by atoms with E-state index in [1.54, 1.807) is 6.07 Å². The summed E-state index contributed by atoms with van der Waals surface area (Å²) in [5, 5.41) is 0. The number of aldehydes is 1. The smallest absolute Gasteiger partial charge is 0.166 e. The minimum absolute atomic E-state index is 0.580. The van der Waals surface area contributed by atoms with Gasteiger partial charge in [0.15, 0.2) is 6.29 Å². The van der Waals surface area contributed by atoms with Crippen LogP contribution in [0.4, 0.5) is 0 Å². The van der Waals surface area contributed by atoms with Crippen molar-refractivity contribution < 1.29 is 4.79 Å². The lowest BCUT2D eigenvalue weighted by atomic mass is 10.3. The molecule has 0 aromatic carbocycles. The van der Waals surface area contributed by atoms with Crippen molar-refractivity contribution in [2.45, 2.75) is 0 Å². The summed E-state index contributed by atoms with van der Waals surface area (Å²) in [4.78, 5) is 20.1. The van der Waals surface area contributed by atoms with E-state index in [1.807, 2.05) is 36.5 Å². The van der Waals surface area contributed by atoms with E-state index in [4.69, 9.17) is 0 Å². The van der Waals surface area contributed by atoms with E-state index in [9.17, 15) is 4.79 Å². The van der Waals surface area contributed by atoms with Gasteiger partial charge in [0, 0.05) is 6.20 Å². The number of carbonyl (C=O) groups is 1. The van der Waals surface area contributed by atoms with Crippen LogP contribution in [0.3, 0.4) is 0 Å². The van der Waals surface area contributed by atoms with Crippen LogP contribution in [0.2, 0.25) is 0 Å². The molecule has 4 heteroatoms. The molecule has 3 aromatic heterocycles. The van der Waals surface area contributed by atoms with Gasteiger partial charge in [-0.15, -0.1) is 0 Å². The van der Waals surface area contributed by atoms with Crippen LogP contribution in [0.25, 0.3) is 22.8 Å². The van der Waals surface area contributed by atoms with Crippen LogP contribution in [-0.4, -0.2) is 21.2 Å². The summed E-state index contributed by atoms with van der Waals surface area (Å²) in [6, 6.07) is 11.6. The Hall–Kier alpha value is -2.49. The van der Waals surface area contributed by atoms with Gasteiger partial charge in [-0.1, -0.05) is 0 Å². The standard InChI is InChI=1S/C13H11N3O/c17-8-9-3-4-12(15-9)13-6-5-11(16-13)10-2-1-7-14-10/h1-8,14-16H. The van der Waals surface area contributed by atoms with Gasteiger partial charge in [0.05, 0.1) is 28.5 Å². The number of aromatic nitrogens is 3. The van der Waals surface area contributed by atoms with Gasteiger partial charge in [0.1, 0.15) is 0 Å². The molecule has 0 spiro atoms. The van der Waals surface area contributed by atoms with Crippen molar-refractivity contribution in [1.29, 1.82) is 0 Å². The zero-order valence-electron chi connectivity index (χ0n) is 9.03. The van der Waals surface area contributed by atoms with Gasteiger partial charge < -0.3 is 15.0 Å². The summed E-state index contributed by atoms with van der Waals surface area (Å²) in [6.07, 6.45) is 2.69. The Morgan fingerprint density at radius 3 is 2.18 bits per heavy atom. The van der Waals surface area contributed by atoms with E-state index >= 15 is 0 Å².